The number of aliphatic imine (C=N–C) groups is 1. The topological polar surface area (TPSA) is 135 Å². The number of hydrogen-bond acceptors (Lipinski definition) is 9. The molecule has 7 heterocycles. The van der Waals surface area contributed by atoms with E-state index in [1.54, 1.807) is 4.90 Å². The van der Waals surface area contributed by atoms with Crippen LogP contribution in [0, 0.1) is 5.92 Å². The van der Waals surface area contributed by atoms with Gasteiger partial charge in [-0.25, -0.2) is 4.99 Å². The molecular weight excluding hydrogens is 828 g/mol. The number of piperidine rings is 3. The van der Waals surface area contributed by atoms with Crippen molar-refractivity contribution >= 4 is 52.4 Å². The lowest BCUT2D eigenvalue weighted by Crippen LogP contribution is -2.52. The lowest BCUT2D eigenvalue weighted by molar-refractivity contribution is -0.139. The summed E-state index contributed by atoms with van der Waals surface area (Å²) in [4.78, 5) is 65.6. The number of aliphatic hydroxyl groups is 1. The highest BCUT2D eigenvalue weighted by molar-refractivity contribution is 6.32. The molecule has 5 fully saturated rings. The molecule has 334 valence electrons. The molecule has 2 spiro atoms. The maximum absolute atomic E-state index is 14.0. The van der Waals surface area contributed by atoms with E-state index in [0.29, 0.717) is 66.7 Å². The number of carbonyl (C=O) groups excluding carboxylic acids is 4. The molecule has 64 heavy (non-hydrogen) atoms. The second-order valence-corrected chi connectivity index (χ2v) is 20.7. The van der Waals surface area contributed by atoms with Crippen LogP contribution >= 0.6 is 11.6 Å². The molecule has 3 saturated heterocycles. The number of nitrogens with one attached hydrogen (secondary N) is 1. The molecule has 9 aliphatic rings. The fourth-order valence-electron chi connectivity index (χ4n) is 13.7. The molecule has 2 N–H and O–H groups in total. The predicted octanol–water partition coefficient (Wildman–Crippen LogP) is 7.55. The Labute approximate surface area is 379 Å². The zero-order valence-electron chi connectivity index (χ0n) is 36.5. The Balaban J connectivity index is 0.662. The lowest BCUT2D eigenvalue weighted by Gasteiger charge is -2.43. The summed E-state index contributed by atoms with van der Waals surface area (Å²) in [5.74, 6) is 1.73. The Hall–Kier alpha value is -4.78. The summed E-state index contributed by atoms with van der Waals surface area (Å²) in [5, 5.41) is 14.2. The quantitative estimate of drug-likeness (QED) is 0.257. The van der Waals surface area contributed by atoms with Crippen LogP contribution in [0.1, 0.15) is 147 Å². The average Bonchev–Trinajstić information content (AvgIpc) is 3.93. The molecule has 4 amide bonds. The number of rotatable bonds is 4. The smallest absolute Gasteiger partial charge is 0.255 e. The van der Waals surface area contributed by atoms with Gasteiger partial charge in [0.1, 0.15) is 17.6 Å². The Kier molecular flexibility index (Phi) is 9.80. The number of aliphatic hydroxyl groups excluding tert-OH is 1. The molecule has 0 aromatic heterocycles. The fraction of sp³-hybridized carbons (Fsp3) is 0.549. The number of amides is 4. The van der Waals surface area contributed by atoms with Gasteiger partial charge in [0, 0.05) is 59.1 Å². The van der Waals surface area contributed by atoms with Gasteiger partial charge < -0.3 is 24.5 Å². The van der Waals surface area contributed by atoms with Crippen LogP contribution in [-0.2, 0) is 31.8 Å². The summed E-state index contributed by atoms with van der Waals surface area (Å²) >= 11 is 6.69. The van der Waals surface area contributed by atoms with E-state index in [1.165, 1.54) is 23.2 Å². The Bertz CT molecular complexity index is 2490. The largest absolute Gasteiger partial charge is 0.492 e. The van der Waals surface area contributed by atoms with Crippen molar-refractivity contribution in [2.45, 2.75) is 138 Å². The van der Waals surface area contributed by atoms with Gasteiger partial charge in [0.15, 0.2) is 6.23 Å². The highest BCUT2D eigenvalue weighted by Gasteiger charge is 2.53. The Morgan fingerprint density at radius 1 is 0.844 bits per heavy atom. The minimum absolute atomic E-state index is 0.0747. The van der Waals surface area contributed by atoms with Crippen molar-refractivity contribution in [3.05, 3.63) is 86.9 Å². The van der Waals surface area contributed by atoms with Crippen LogP contribution < -0.4 is 15.0 Å². The van der Waals surface area contributed by atoms with Gasteiger partial charge in [0.2, 0.25) is 17.7 Å². The van der Waals surface area contributed by atoms with Crippen molar-refractivity contribution in [2.75, 3.05) is 37.7 Å². The van der Waals surface area contributed by atoms with Crippen LogP contribution in [0.5, 0.6) is 5.75 Å². The third-order valence-electron chi connectivity index (χ3n) is 17.2. The van der Waals surface area contributed by atoms with Gasteiger partial charge >= 0.3 is 0 Å². The molecular formula is C51H57ClN6O6. The summed E-state index contributed by atoms with van der Waals surface area (Å²) < 4.78 is 6.39. The number of hydrogen-bond donors (Lipinski definition) is 2. The van der Waals surface area contributed by atoms with Crippen molar-refractivity contribution < 1.29 is 29.0 Å². The van der Waals surface area contributed by atoms with E-state index < -0.39 is 18.2 Å². The summed E-state index contributed by atoms with van der Waals surface area (Å²) in [7, 11) is 0. The zero-order chi connectivity index (χ0) is 43.5. The number of anilines is 2. The molecule has 2 aliphatic carbocycles. The van der Waals surface area contributed by atoms with Crippen LogP contribution in [0.25, 0.3) is 0 Å². The second-order valence-electron chi connectivity index (χ2n) is 20.3. The summed E-state index contributed by atoms with van der Waals surface area (Å²) in [5.41, 5.74) is 7.78. The number of imide groups is 1. The van der Waals surface area contributed by atoms with Crippen LogP contribution in [0.2, 0.25) is 5.02 Å². The van der Waals surface area contributed by atoms with Gasteiger partial charge in [-0.1, -0.05) is 55.1 Å². The zero-order valence-corrected chi connectivity index (χ0v) is 37.2. The minimum atomic E-state index is -0.953. The first kappa shape index (κ1) is 40.7. The number of likely N-dealkylation sites (tertiary alicyclic amines) is 2. The first-order chi connectivity index (χ1) is 31.1. The SMILES string of the molecule is O=C1CC[C@H](N2Cc3c(ccc4c3OCC43CCN(C(=O)C4CCC(N5CCC(c6ccc7c(c6)N6C(=NC(O)c8c(Cl)cccc86)C76CCCCC6)CC5)CC4)CC3)C2=O)C(=O)N1. The molecule has 0 bridgehead atoms. The number of halogens is 1. The van der Waals surface area contributed by atoms with Gasteiger partial charge in [-0.15, -0.1) is 0 Å². The van der Waals surface area contributed by atoms with E-state index in [4.69, 9.17) is 21.3 Å². The first-order valence-electron chi connectivity index (χ1n) is 24.1. The van der Waals surface area contributed by atoms with Crippen LogP contribution in [0.15, 0.2) is 53.5 Å². The third kappa shape index (κ3) is 6.24. The predicted molar refractivity (Wildman–Crippen MR) is 242 cm³/mol. The number of nitrogens with zero attached hydrogens (tertiary/aromatic N) is 5. The van der Waals surface area contributed by atoms with Gasteiger partial charge in [-0.05, 0) is 125 Å². The number of amidine groups is 1. The van der Waals surface area contributed by atoms with E-state index in [9.17, 15) is 24.3 Å². The van der Waals surface area contributed by atoms with E-state index in [1.807, 2.05) is 24.3 Å². The lowest BCUT2D eigenvalue weighted by atomic mass is 9.69. The summed E-state index contributed by atoms with van der Waals surface area (Å²) in [6.07, 6.45) is 13.1. The first-order valence-corrected chi connectivity index (χ1v) is 24.5. The van der Waals surface area contributed by atoms with Crippen LogP contribution in [-0.4, -0.2) is 94.1 Å². The Morgan fingerprint density at radius 3 is 2.38 bits per heavy atom. The average molecular weight is 886 g/mol. The molecule has 0 radical (unpaired) electrons. The van der Waals surface area contributed by atoms with E-state index >= 15 is 0 Å². The number of ether oxygens (including phenoxy) is 1. The van der Waals surface area contributed by atoms with Gasteiger partial charge in [0.25, 0.3) is 5.91 Å². The van der Waals surface area contributed by atoms with E-state index in [2.05, 4.69) is 44.3 Å². The maximum Gasteiger partial charge on any atom is 0.255 e. The molecule has 3 aromatic rings. The van der Waals surface area contributed by atoms with E-state index in [0.717, 1.165) is 119 Å². The standard InChI is InChI=1S/C51H57ClN6O6/c52-38-5-4-6-39-43(38)46(61)54-49-51(19-2-1-3-20-51)36-13-9-32(27-41(36)58(39)49)30-17-23-55(24-18-30)33-10-7-31(8-11-33)47(62)56-25-21-50(22-26-56)29-64-44-35-28-57(40-15-16-42(59)53-45(40)60)48(63)34(35)12-14-37(44)50/h4-6,9,12-14,27,30-31,33,40,46,61H,1-3,7-8,10-11,15-26,28-29H2,(H,53,59,60)/t31?,33?,40-,46?/m0/s1. The molecule has 2 saturated carbocycles. The van der Waals surface area contributed by atoms with Crippen LogP contribution in [0.3, 0.4) is 0 Å². The molecule has 13 heteroatoms. The van der Waals surface area contributed by atoms with Crippen molar-refractivity contribution in [3.63, 3.8) is 0 Å². The van der Waals surface area contributed by atoms with Crippen LogP contribution in [0.4, 0.5) is 11.4 Å². The molecule has 12 rings (SSSR count). The summed E-state index contributed by atoms with van der Waals surface area (Å²) in [6.45, 7) is 4.37. The normalized spacial score (nSPS) is 28.3. The van der Waals surface area contributed by atoms with Gasteiger partial charge in [0.05, 0.1) is 35.0 Å². The minimum Gasteiger partial charge on any atom is -0.492 e. The fourth-order valence-corrected chi connectivity index (χ4v) is 13.9. The summed E-state index contributed by atoms with van der Waals surface area (Å²) in [6, 6.07) is 16.9. The Morgan fingerprint density at radius 2 is 1.61 bits per heavy atom. The highest BCUT2D eigenvalue weighted by Crippen LogP contribution is 2.57. The third-order valence-corrected chi connectivity index (χ3v) is 17.6. The van der Waals surface area contributed by atoms with Crippen molar-refractivity contribution in [2.24, 2.45) is 10.9 Å². The van der Waals surface area contributed by atoms with E-state index in [-0.39, 0.29) is 35.0 Å². The number of benzene rings is 3. The molecule has 3 aromatic carbocycles. The molecule has 12 nitrogen and oxygen atoms in total. The highest BCUT2D eigenvalue weighted by atomic mass is 35.5. The van der Waals surface area contributed by atoms with Crippen molar-refractivity contribution in [3.8, 4) is 5.75 Å². The second kappa shape index (κ2) is 15.4. The number of carbonyl (C=O) groups is 4. The molecule has 2 atom stereocenters. The van der Waals surface area contributed by atoms with Gasteiger partial charge in [-0.2, -0.15) is 0 Å². The van der Waals surface area contributed by atoms with Gasteiger partial charge in [-0.3, -0.25) is 29.4 Å². The monoisotopic (exact) mass is 884 g/mol. The maximum atomic E-state index is 14.0. The number of fused-ring (bicyclic) bond motifs is 11. The van der Waals surface area contributed by atoms with Crippen molar-refractivity contribution in [1.82, 2.24) is 20.0 Å². The molecule has 1 unspecified atom stereocenters. The van der Waals surface area contributed by atoms with Crippen molar-refractivity contribution in [1.29, 1.82) is 0 Å². The molecule has 7 aliphatic heterocycles.